The van der Waals surface area contributed by atoms with Crippen molar-refractivity contribution >= 4 is 60.6 Å². The minimum absolute atomic E-state index is 0.152. The van der Waals surface area contributed by atoms with Gasteiger partial charge < -0.3 is 24.8 Å². The minimum Gasteiger partial charge on any atom is -0.466 e. The van der Waals surface area contributed by atoms with E-state index in [1.807, 2.05) is 56.0 Å². The molecule has 0 saturated heterocycles. The van der Waals surface area contributed by atoms with E-state index in [2.05, 4.69) is 108 Å². The predicted molar refractivity (Wildman–Crippen MR) is 271 cm³/mol. The number of alkyl carbamates (subject to hydrolysis) is 1. The predicted octanol–water partition coefficient (Wildman–Crippen LogP) is 10.4. The van der Waals surface area contributed by atoms with Gasteiger partial charge in [-0.25, -0.2) is 9.59 Å². The van der Waals surface area contributed by atoms with Crippen LogP contribution in [0.3, 0.4) is 0 Å². The molecule has 2 N–H and O–H groups in total. The van der Waals surface area contributed by atoms with Crippen LogP contribution in [0.2, 0.25) is 25.7 Å². The number of ether oxygens (including phenoxy) is 3. The maximum absolute atomic E-state index is 14.1. The zero-order valence-electron chi connectivity index (χ0n) is 39.8. The SMILES string of the molecule is CC(C)[C@H](NC(=O)[C@]1(C)CSC(c2ccnc(CNC(=O)OC(C)(C)C)c2)=N1)C(=O)O[C@H](/C=C/CCSC(c1ccccc1)(c1ccccc1)c1ccccc1)CC(=O)OCC[Si](C)(C)C. The van der Waals surface area contributed by atoms with Crippen molar-refractivity contribution in [3.8, 4) is 0 Å². The Morgan fingerprint density at radius 2 is 1.48 bits per heavy atom. The summed E-state index contributed by atoms with van der Waals surface area (Å²) < 4.78 is 16.6. The summed E-state index contributed by atoms with van der Waals surface area (Å²) in [5.74, 6) is -0.810. The number of carbonyl (C=O) groups is 4. The molecule has 0 spiro atoms. The summed E-state index contributed by atoms with van der Waals surface area (Å²) in [7, 11) is -1.46. The molecule has 14 heteroatoms. The molecule has 0 unspecified atom stereocenters. The van der Waals surface area contributed by atoms with Gasteiger partial charge in [0.25, 0.3) is 0 Å². The molecule has 0 saturated carbocycles. The van der Waals surface area contributed by atoms with Gasteiger partial charge in [-0.15, -0.1) is 23.5 Å². The number of allylic oxidation sites excluding steroid dienone is 1. The van der Waals surface area contributed by atoms with E-state index in [4.69, 9.17) is 19.2 Å². The van der Waals surface area contributed by atoms with Crippen LogP contribution in [0, 0.1) is 5.92 Å². The van der Waals surface area contributed by atoms with Crippen molar-refractivity contribution in [2.24, 2.45) is 10.9 Å². The van der Waals surface area contributed by atoms with E-state index >= 15 is 0 Å². The van der Waals surface area contributed by atoms with Crippen molar-refractivity contribution in [3.63, 3.8) is 0 Å². The van der Waals surface area contributed by atoms with Crippen LogP contribution in [0.1, 0.15) is 82.3 Å². The Morgan fingerprint density at radius 3 is 2.03 bits per heavy atom. The number of hydrogen-bond acceptors (Lipinski definition) is 11. The fourth-order valence-electron chi connectivity index (χ4n) is 7.10. The number of rotatable bonds is 21. The maximum atomic E-state index is 14.1. The molecule has 1 aliphatic heterocycles. The molecule has 2 amide bonds. The molecule has 66 heavy (non-hydrogen) atoms. The van der Waals surface area contributed by atoms with Gasteiger partial charge in [0.15, 0.2) is 0 Å². The highest BCUT2D eigenvalue weighted by molar-refractivity contribution is 8.14. The molecule has 0 aliphatic carbocycles. The fourth-order valence-corrected chi connectivity index (χ4v) is 10.5. The van der Waals surface area contributed by atoms with Crippen LogP contribution in [0.5, 0.6) is 0 Å². The number of thioether (sulfide) groups is 2. The third-order valence-electron chi connectivity index (χ3n) is 10.7. The standard InChI is InChI=1S/C52H66N4O7S2Si/c1-37(2)45(55-48(59)51(6)36-64-46(56-51)38-28-29-53-42(33-38)35-54-49(60)63-50(3,4)5)47(58)62-43(34-44(57)61-30-32-66(7,8)9)27-19-20-31-65-52(39-21-13-10-14-22-39,40-23-15-11-16-24-40)41-25-17-12-18-26-41/h10-19,21-29,33,37,43,45H,20,30-32,34-36H2,1-9H3,(H,54,60)(H,55,59)/b27-19+/t43-,45+,51+/m1/s1. The van der Waals surface area contributed by atoms with E-state index in [0.717, 1.165) is 28.3 Å². The van der Waals surface area contributed by atoms with E-state index in [1.165, 1.54) is 11.8 Å². The molecule has 3 atom stereocenters. The Hall–Kier alpha value is -5.18. The van der Waals surface area contributed by atoms with Crippen molar-refractivity contribution in [1.82, 2.24) is 15.6 Å². The van der Waals surface area contributed by atoms with Gasteiger partial charge in [-0.2, -0.15) is 0 Å². The highest BCUT2D eigenvalue weighted by atomic mass is 32.2. The summed E-state index contributed by atoms with van der Waals surface area (Å²) in [5, 5.41) is 6.30. The first-order valence-electron chi connectivity index (χ1n) is 22.6. The highest BCUT2D eigenvalue weighted by Gasteiger charge is 2.42. The highest BCUT2D eigenvalue weighted by Crippen LogP contribution is 2.48. The molecule has 2 heterocycles. The molecule has 1 aromatic heterocycles. The summed E-state index contributed by atoms with van der Waals surface area (Å²) in [6.07, 6.45) is 4.35. The lowest BCUT2D eigenvalue weighted by atomic mass is 9.84. The van der Waals surface area contributed by atoms with Gasteiger partial charge in [0, 0.05) is 25.6 Å². The molecular weight excluding hydrogens is 885 g/mol. The summed E-state index contributed by atoms with van der Waals surface area (Å²) in [4.78, 5) is 62.8. The number of aromatic nitrogens is 1. The molecule has 352 valence electrons. The molecule has 0 fully saturated rings. The number of esters is 2. The molecule has 5 rings (SSSR count). The average Bonchev–Trinajstić information content (AvgIpc) is 3.69. The number of benzene rings is 3. The van der Waals surface area contributed by atoms with Gasteiger partial charge in [0.05, 0.1) is 35.1 Å². The van der Waals surface area contributed by atoms with Gasteiger partial charge in [-0.05, 0) is 86.7 Å². The monoisotopic (exact) mass is 950 g/mol. The Balaban J connectivity index is 1.30. The van der Waals surface area contributed by atoms with Crippen LogP contribution >= 0.6 is 23.5 Å². The maximum Gasteiger partial charge on any atom is 0.407 e. The number of aliphatic imine (C=N–C) groups is 1. The third-order valence-corrected chi connectivity index (χ3v) is 15.2. The quantitative estimate of drug-likeness (QED) is 0.0207. The van der Waals surface area contributed by atoms with Crippen molar-refractivity contribution in [2.45, 2.75) is 115 Å². The van der Waals surface area contributed by atoms with Crippen LogP contribution in [-0.4, -0.2) is 83.4 Å². The van der Waals surface area contributed by atoms with Crippen molar-refractivity contribution < 1.29 is 33.4 Å². The summed E-state index contributed by atoms with van der Waals surface area (Å²) in [6, 6.07) is 34.9. The van der Waals surface area contributed by atoms with Gasteiger partial charge in [-0.3, -0.25) is 19.6 Å². The first-order chi connectivity index (χ1) is 31.3. The summed E-state index contributed by atoms with van der Waals surface area (Å²) >= 11 is 3.25. The van der Waals surface area contributed by atoms with Crippen LogP contribution in [0.4, 0.5) is 4.79 Å². The van der Waals surface area contributed by atoms with E-state index < -0.39 is 60.0 Å². The number of amides is 2. The lowest BCUT2D eigenvalue weighted by Gasteiger charge is -2.35. The number of pyridine rings is 1. The largest absolute Gasteiger partial charge is 0.466 e. The lowest BCUT2D eigenvalue weighted by Crippen LogP contribution is -2.53. The van der Waals surface area contributed by atoms with Crippen LogP contribution < -0.4 is 10.6 Å². The smallest absolute Gasteiger partial charge is 0.407 e. The van der Waals surface area contributed by atoms with Gasteiger partial charge >= 0.3 is 18.0 Å². The van der Waals surface area contributed by atoms with E-state index in [9.17, 15) is 19.2 Å². The van der Waals surface area contributed by atoms with Crippen LogP contribution in [0.15, 0.2) is 126 Å². The molecule has 11 nitrogen and oxygen atoms in total. The second kappa shape index (κ2) is 23.5. The second-order valence-electron chi connectivity index (χ2n) is 19.1. The van der Waals surface area contributed by atoms with Crippen molar-refractivity contribution in [3.05, 3.63) is 149 Å². The average molecular weight is 951 g/mol. The van der Waals surface area contributed by atoms with Gasteiger partial charge in [0.1, 0.15) is 23.3 Å². The fraction of sp³-hybridized carbons (Fsp3) is 0.423. The molecule has 0 radical (unpaired) electrons. The molecule has 3 aromatic carbocycles. The number of nitrogens with one attached hydrogen (secondary N) is 2. The zero-order valence-corrected chi connectivity index (χ0v) is 42.4. The van der Waals surface area contributed by atoms with Crippen molar-refractivity contribution in [1.29, 1.82) is 0 Å². The Labute approximate surface area is 400 Å². The van der Waals surface area contributed by atoms with E-state index in [1.54, 1.807) is 46.0 Å². The van der Waals surface area contributed by atoms with E-state index in [-0.39, 0.29) is 18.9 Å². The first kappa shape index (κ1) is 51.8. The number of hydrogen-bond donors (Lipinski definition) is 2. The first-order valence-corrected chi connectivity index (χ1v) is 28.2. The van der Waals surface area contributed by atoms with Crippen molar-refractivity contribution in [2.75, 3.05) is 18.1 Å². The second-order valence-corrected chi connectivity index (χ2v) is 27.0. The Kier molecular flexibility index (Phi) is 18.5. The topological polar surface area (TPSA) is 145 Å². The number of carbonyl (C=O) groups excluding carboxylic acids is 4. The molecule has 0 bridgehead atoms. The summed E-state index contributed by atoms with van der Waals surface area (Å²) in [6.45, 7) is 17.9. The molecule has 4 aromatic rings. The van der Waals surface area contributed by atoms with Gasteiger partial charge in [0.2, 0.25) is 5.91 Å². The normalized spacial score (nSPS) is 16.3. The molecular formula is C52H66N4O7S2Si. The molecule has 1 aliphatic rings. The third kappa shape index (κ3) is 15.2. The number of nitrogens with zero attached hydrogens (tertiary/aromatic N) is 2. The Bertz CT molecular complexity index is 2200. The lowest BCUT2D eigenvalue weighted by molar-refractivity contribution is -0.156. The van der Waals surface area contributed by atoms with E-state index in [0.29, 0.717) is 35.3 Å². The zero-order chi connectivity index (χ0) is 48.0. The Morgan fingerprint density at radius 1 is 0.894 bits per heavy atom. The minimum atomic E-state index is -1.46. The van der Waals surface area contributed by atoms with Gasteiger partial charge in [-0.1, -0.05) is 131 Å². The van der Waals surface area contributed by atoms with Crippen LogP contribution in [0.25, 0.3) is 0 Å². The summed E-state index contributed by atoms with van der Waals surface area (Å²) in [5.41, 5.74) is 3.02. The van der Waals surface area contributed by atoms with Crippen LogP contribution in [-0.2, 0) is 39.9 Å².